The summed E-state index contributed by atoms with van der Waals surface area (Å²) in [4.78, 5) is 12.6. The van der Waals surface area contributed by atoms with Crippen LogP contribution in [0.1, 0.15) is 17.7 Å². The average Bonchev–Trinajstić information content (AvgIpc) is 2.95. The lowest BCUT2D eigenvalue weighted by atomic mass is 10.2. The molecule has 1 aromatic rings. The minimum atomic E-state index is 0.0729. The Morgan fingerprint density at radius 1 is 1.67 bits per heavy atom. The maximum atomic E-state index is 11.5. The molecule has 15 heavy (non-hydrogen) atoms. The summed E-state index contributed by atoms with van der Waals surface area (Å²) in [6, 6.07) is 3.94. The lowest BCUT2D eigenvalue weighted by molar-refractivity contribution is -0.120. The van der Waals surface area contributed by atoms with Crippen LogP contribution >= 0.6 is 22.9 Å². The first-order valence-electron chi connectivity index (χ1n) is 5.19. The fourth-order valence-corrected chi connectivity index (χ4v) is 2.50. The number of hydrogen-bond acceptors (Lipinski definition) is 2. The summed E-state index contributed by atoms with van der Waals surface area (Å²) in [6.45, 7) is 0.608. The average molecular weight is 244 g/mol. The molecule has 1 aliphatic carbocycles. The highest BCUT2D eigenvalue weighted by atomic mass is 35.5. The van der Waals surface area contributed by atoms with Gasteiger partial charge in [0.05, 0.1) is 11.8 Å². The third-order valence-corrected chi connectivity index (χ3v) is 3.93. The molecule has 1 N–H and O–H groups in total. The summed E-state index contributed by atoms with van der Waals surface area (Å²) >= 11 is 7.70. The van der Waals surface area contributed by atoms with Crippen molar-refractivity contribution in [2.45, 2.75) is 24.6 Å². The van der Waals surface area contributed by atoms with Gasteiger partial charge in [-0.2, -0.15) is 0 Å². The van der Waals surface area contributed by atoms with Crippen LogP contribution in [0.25, 0.3) is 0 Å². The number of carbonyl (C=O) groups is 1. The zero-order valence-electron chi connectivity index (χ0n) is 8.41. The molecule has 4 heteroatoms. The number of alkyl halides is 1. The second-order valence-electron chi connectivity index (χ2n) is 3.91. The Morgan fingerprint density at radius 2 is 2.47 bits per heavy atom. The van der Waals surface area contributed by atoms with E-state index in [1.54, 1.807) is 11.3 Å². The van der Waals surface area contributed by atoms with E-state index in [2.05, 4.69) is 5.32 Å². The Labute approximate surface area is 98.6 Å². The summed E-state index contributed by atoms with van der Waals surface area (Å²) in [6.07, 6.45) is 2.91. The van der Waals surface area contributed by atoms with Crippen LogP contribution in [0, 0.1) is 5.92 Å². The summed E-state index contributed by atoms with van der Waals surface area (Å²) in [5, 5.41) is 4.98. The van der Waals surface area contributed by atoms with Crippen LogP contribution in [0.2, 0.25) is 0 Å². The van der Waals surface area contributed by atoms with Crippen molar-refractivity contribution >= 4 is 28.8 Å². The van der Waals surface area contributed by atoms with Crippen LogP contribution in [-0.2, 0) is 11.2 Å². The van der Waals surface area contributed by atoms with E-state index < -0.39 is 0 Å². The molecule has 1 aliphatic rings. The van der Waals surface area contributed by atoms with Crippen molar-refractivity contribution in [2.24, 2.45) is 5.92 Å². The molecular weight excluding hydrogens is 230 g/mol. The second kappa shape index (κ2) is 4.99. The number of rotatable bonds is 5. The van der Waals surface area contributed by atoms with Crippen molar-refractivity contribution in [1.82, 2.24) is 5.32 Å². The molecule has 0 aliphatic heterocycles. The summed E-state index contributed by atoms with van der Waals surface area (Å²) < 4.78 is 0. The highest BCUT2D eigenvalue weighted by molar-refractivity contribution is 7.10. The van der Waals surface area contributed by atoms with Gasteiger partial charge in [-0.3, -0.25) is 4.79 Å². The lowest BCUT2D eigenvalue weighted by Gasteiger charge is -2.08. The Morgan fingerprint density at radius 3 is 3.07 bits per heavy atom. The summed E-state index contributed by atoms with van der Waals surface area (Å²) in [5.74, 6) is 0.706. The Hall–Kier alpha value is -0.540. The maximum absolute atomic E-state index is 11.5. The zero-order valence-corrected chi connectivity index (χ0v) is 9.98. The summed E-state index contributed by atoms with van der Waals surface area (Å²) in [5.41, 5.74) is 0. The minimum absolute atomic E-state index is 0.0729. The Balaban J connectivity index is 1.68. The minimum Gasteiger partial charge on any atom is -0.354 e. The number of amides is 1. The molecule has 2 rings (SSSR count). The van der Waals surface area contributed by atoms with E-state index in [9.17, 15) is 4.79 Å². The monoisotopic (exact) mass is 243 g/mol. The van der Waals surface area contributed by atoms with Crippen molar-refractivity contribution in [3.8, 4) is 0 Å². The van der Waals surface area contributed by atoms with Gasteiger partial charge in [-0.05, 0) is 30.2 Å². The first kappa shape index (κ1) is 11.0. The normalized spacial score (nSPS) is 17.4. The van der Waals surface area contributed by atoms with Gasteiger partial charge >= 0.3 is 0 Å². The first-order chi connectivity index (χ1) is 7.25. The largest absolute Gasteiger partial charge is 0.354 e. The standard InChI is InChI=1S/C11H14ClNOS/c12-10(8-3-4-8)7-13-11(14)6-9-2-1-5-15-9/h1-2,5,8,10H,3-4,6-7H2,(H,13,14). The molecule has 1 heterocycles. The third-order valence-electron chi connectivity index (χ3n) is 2.54. The second-order valence-corrected chi connectivity index (χ2v) is 5.51. The van der Waals surface area contributed by atoms with E-state index in [4.69, 9.17) is 11.6 Å². The van der Waals surface area contributed by atoms with E-state index in [0.717, 1.165) is 4.88 Å². The van der Waals surface area contributed by atoms with Crippen molar-refractivity contribution in [1.29, 1.82) is 0 Å². The molecule has 1 aromatic heterocycles. The molecule has 1 unspecified atom stereocenters. The van der Waals surface area contributed by atoms with Gasteiger partial charge in [0.2, 0.25) is 5.91 Å². The molecular formula is C11H14ClNOS. The van der Waals surface area contributed by atoms with Gasteiger partial charge < -0.3 is 5.32 Å². The fourth-order valence-electron chi connectivity index (χ4n) is 1.47. The van der Waals surface area contributed by atoms with Crippen LogP contribution in [0.3, 0.4) is 0 Å². The molecule has 1 fully saturated rings. The smallest absolute Gasteiger partial charge is 0.225 e. The lowest BCUT2D eigenvalue weighted by Crippen LogP contribution is -2.31. The van der Waals surface area contributed by atoms with Crippen LogP contribution < -0.4 is 5.32 Å². The zero-order chi connectivity index (χ0) is 10.7. The fraction of sp³-hybridized carbons (Fsp3) is 0.545. The van der Waals surface area contributed by atoms with Crippen LogP contribution in [0.4, 0.5) is 0 Å². The quantitative estimate of drug-likeness (QED) is 0.791. The molecule has 0 radical (unpaired) electrons. The predicted octanol–water partition coefficient (Wildman–Crippen LogP) is 2.42. The number of thiophene rings is 1. The first-order valence-corrected chi connectivity index (χ1v) is 6.50. The molecule has 1 atom stereocenters. The van der Waals surface area contributed by atoms with Gasteiger partial charge in [0, 0.05) is 11.4 Å². The molecule has 2 nitrogen and oxygen atoms in total. The number of carbonyl (C=O) groups excluding carboxylic acids is 1. The maximum Gasteiger partial charge on any atom is 0.225 e. The molecule has 0 spiro atoms. The Bertz CT molecular complexity index is 321. The molecule has 0 bridgehead atoms. The topological polar surface area (TPSA) is 29.1 Å². The predicted molar refractivity (Wildman–Crippen MR) is 63.4 cm³/mol. The number of hydrogen-bond donors (Lipinski definition) is 1. The number of halogens is 1. The SMILES string of the molecule is O=C(Cc1cccs1)NCC(Cl)C1CC1. The van der Waals surface area contributed by atoms with Crippen LogP contribution in [0.5, 0.6) is 0 Å². The molecule has 0 aromatic carbocycles. The van der Waals surface area contributed by atoms with Crippen molar-refractivity contribution in [2.75, 3.05) is 6.54 Å². The van der Waals surface area contributed by atoms with E-state index in [0.29, 0.717) is 18.9 Å². The molecule has 1 saturated carbocycles. The third kappa shape index (κ3) is 3.50. The van der Waals surface area contributed by atoms with Crippen LogP contribution in [-0.4, -0.2) is 17.8 Å². The molecule has 1 amide bonds. The van der Waals surface area contributed by atoms with Gasteiger partial charge in [-0.25, -0.2) is 0 Å². The molecule has 0 saturated heterocycles. The van der Waals surface area contributed by atoms with Crippen molar-refractivity contribution in [3.05, 3.63) is 22.4 Å². The highest BCUT2D eigenvalue weighted by Gasteiger charge is 2.29. The van der Waals surface area contributed by atoms with E-state index >= 15 is 0 Å². The van der Waals surface area contributed by atoms with Gasteiger partial charge in [-0.15, -0.1) is 22.9 Å². The van der Waals surface area contributed by atoms with E-state index in [1.807, 2.05) is 17.5 Å². The van der Waals surface area contributed by atoms with Gasteiger partial charge in [-0.1, -0.05) is 6.07 Å². The van der Waals surface area contributed by atoms with Gasteiger partial charge in [0.1, 0.15) is 0 Å². The van der Waals surface area contributed by atoms with Gasteiger partial charge in [0.15, 0.2) is 0 Å². The van der Waals surface area contributed by atoms with Crippen LogP contribution in [0.15, 0.2) is 17.5 Å². The highest BCUT2D eigenvalue weighted by Crippen LogP contribution is 2.35. The Kier molecular flexibility index (Phi) is 3.65. The van der Waals surface area contributed by atoms with Crippen molar-refractivity contribution < 1.29 is 4.79 Å². The van der Waals surface area contributed by atoms with Crippen molar-refractivity contribution in [3.63, 3.8) is 0 Å². The molecule has 82 valence electrons. The van der Waals surface area contributed by atoms with Gasteiger partial charge in [0.25, 0.3) is 0 Å². The number of nitrogens with one attached hydrogen (secondary N) is 1. The van der Waals surface area contributed by atoms with E-state index in [-0.39, 0.29) is 11.3 Å². The van der Waals surface area contributed by atoms with E-state index in [1.165, 1.54) is 12.8 Å². The summed E-state index contributed by atoms with van der Waals surface area (Å²) in [7, 11) is 0.